The van der Waals surface area contributed by atoms with Crippen LogP contribution in [0.15, 0.2) is 0 Å². The summed E-state index contributed by atoms with van der Waals surface area (Å²) in [5, 5.41) is 9.05. The van der Waals surface area contributed by atoms with Gasteiger partial charge in [0.05, 0.1) is 6.10 Å². The van der Waals surface area contributed by atoms with Crippen LogP contribution < -0.4 is 0 Å². The van der Waals surface area contributed by atoms with Gasteiger partial charge in [-0.2, -0.15) is 0 Å². The second kappa shape index (κ2) is 2.46. The SMILES string of the molecule is CO[C@H]1[C@H](CO)C12CCCC2. The average Bonchev–Trinajstić information content (AvgIpc) is 2.39. The molecule has 0 aromatic heterocycles. The molecule has 2 fully saturated rings. The van der Waals surface area contributed by atoms with Crippen molar-refractivity contribution < 1.29 is 9.84 Å². The molecule has 2 heteroatoms. The first-order valence-corrected chi connectivity index (χ1v) is 4.49. The maximum absolute atomic E-state index is 9.05. The third-order valence-corrected chi connectivity index (χ3v) is 3.55. The zero-order valence-corrected chi connectivity index (χ0v) is 7.05. The molecule has 2 atom stereocenters. The topological polar surface area (TPSA) is 29.5 Å². The van der Waals surface area contributed by atoms with Gasteiger partial charge in [0.25, 0.3) is 0 Å². The molecule has 0 aromatic rings. The Bertz CT molecular complexity index is 138. The summed E-state index contributed by atoms with van der Waals surface area (Å²) >= 11 is 0. The molecule has 64 valence electrons. The van der Waals surface area contributed by atoms with Crippen molar-refractivity contribution in [2.45, 2.75) is 31.8 Å². The lowest BCUT2D eigenvalue weighted by molar-refractivity contribution is 0.135. The lowest BCUT2D eigenvalue weighted by Crippen LogP contribution is -2.02. The number of methoxy groups -OCH3 is 1. The van der Waals surface area contributed by atoms with Crippen LogP contribution in [0, 0.1) is 11.3 Å². The van der Waals surface area contributed by atoms with E-state index in [1.165, 1.54) is 25.7 Å². The van der Waals surface area contributed by atoms with E-state index in [4.69, 9.17) is 9.84 Å². The second-order valence-electron chi connectivity index (χ2n) is 3.89. The number of hydrogen-bond acceptors (Lipinski definition) is 2. The minimum atomic E-state index is 0.318. The predicted molar refractivity (Wildman–Crippen MR) is 42.3 cm³/mol. The fourth-order valence-corrected chi connectivity index (χ4v) is 2.90. The Kier molecular flexibility index (Phi) is 1.69. The van der Waals surface area contributed by atoms with Crippen molar-refractivity contribution in [1.29, 1.82) is 0 Å². The zero-order valence-electron chi connectivity index (χ0n) is 7.05. The van der Waals surface area contributed by atoms with Crippen LogP contribution in [0.4, 0.5) is 0 Å². The highest BCUT2D eigenvalue weighted by atomic mass is 16.5. The highest BCUT2D eigenvalue weighted by Gasteiger charge is 2.65. The van der Waals surface area contributed by atoms with Crippen LogP contribution in [-0.2, 0) is 4.74 Å². The van der Waals surface area contributed by atoms with Gasteiger partial charge in [-0.15, -0.1) is 0 Å². The van der Waals surface area contributed by atoms with Crippen LogP contribution in [0.5, 0.6) is 0 Å². The molecular formula is C9H16O2. The highest BCUT2D eigenvalue weighted by molar-refractivity contribution is 5.13. The van der Waals surface area contributed by atoms with Gasteiger partial charge in [0.1, 0.15) is 0 Å². The molecule has 0 heterocycles. The molecule has 0 radical (unpaired) electrons. The quantitative estimate of drug-likeness (QED) is 0.650. The van der Waals surface area contributed by atoms with Gasteiger partial charge < -0.3 is 9.84 Å². The molecule has 0 aliphatic heterocycles. The van der Waals surface area contributed by atoms with Gasteiger partial charge in [-0.25, -0.2) is 0 Å². The fraction of sp³-hybridized carbons (Fsp3) is 1.00. The first-order chi connectivity index (χ1) is 5.35. The van der Waals surface area contributed by atoms with Gasteiger partial charge in [0.2, 0.25) is 0 Å². The molecule has 11 heavy (non-hydrogen) atoms. The second-order valence-corrected chi connectivity index (χ2v) is 3.89. The van der Waals surface area contributed by atoms with Crippen LogP contribution in [0.1, 0.15) is 25.7 Å². The maximum atomic E-state index is 9.05. The van der Waals surface area contributed by atoms with Crippen LogP contribution in [-0.4, -0.2) is 24.9 Å². The van der Waals surface area contributed by atoms with Crippen molar-refractivity contribution in [3.8, 4) is 0 Å². The van der Waals surface area contributed by atoms with E-state index in [1.807, 2.05) is 0 Å². The van der Waals surface area contributed by atoms with Gasteiger partial charge >= 0.3 is 0 Å². The lowest BCUT2D eigenvalue weighted by Gasteiger charge is -2.05. The number of ether oxygens (including phenoxy) is 1. The van der Waals surface area contributed by atoms with Crippen molar-refractivity contribution in [1.82, 2.24) is 0 Å². The summed E-state index contributed by atoms with van der Waals surface area (Å²) in [6, 6.07) is 0. The van der Waals surface area contributed by atoms with Gasteiger partial charge in [-0.05, 0) is 12.8 Å². The van der Waals surface area contributed by atoms with E-state index in [0.29, 0.717) is 24.0 Å². The summed E-state index contributed by atoms with van der Waals surface area (Å²) in [6.45, 7) is 0.318. The van der Waals surface area contributed by atoms with Crippen LogP contribution >= 0.6 is 0 Å². The van der Waals surface area contributed by atoms with Gasteiger partial charge in [-0.1, -0.05) is 12.8 Å². The first kappa shape index (κ1) is 7.56. The van der Waals surface area contributed by atoms with Gasteiger partial charge in [-0.3, -0.25) is 0 Å². The maximum Gasteiger partial charge on any atom is 0.0688 e. The Morgan fingerprint density at radius 2 is 2.09 bits per heavy atom. The molecule has 0 bridgehead atoms. The number of aliphatic hydroxyl groups is 1. The van der Waals surface area contributed by atoms with E-state index in [2.05, 4.69) is 0 Å². The molecule has 2 rings (SSSR count). The number of rotatable bonds is 2. The minimum Gasteiger partial charge on any atom is -0.396 e. The zero-order chi connectivity index (χ0) is 7.90. The molecule has 2 nitrogen and oxygen atoms in total. The van der Waals surface area contributed by atoms with Crippen molar-refractivity contribution in [3.63, 3.8) is 0 Å². The van der Waals surface area contributed by atoms with E-state index >= 15 is 0 Å². The molecule has 0 unspecified atom stereocenters. The van der Waals surface area contributed by atoms with E-state index in [9.17, 15) is 0 Å². The van der Waals surface area contributed by atoms with Crippen LogP contribution in [0.3, 0.4) is 0 Å². The smallest absolute Gasteiger partial charge is 0.0688 e. The molecule has 2 saturated carbocycles. The van der Waals surface area contributed by atoms with Crippen molar-refractivity contribution >= 4 is 0 Å². The standard InChI is InChI=1S/C9H16O2/c1-11-8-7(6-10)9(8)4-2-3-5-9/h7-8,10H,2-6H2,1H3/t7-,8-/m0/s1. The Balaban J connectivity index is 2.04. The average molecular weight is 156 g/mol. The molecule has 1 spiro atoms. The molecular weight excluding hydrogens is 140 g/mol. The Morgan fingerprint density at radius 1 is 1.45 bits per heavy atom. The van der Waals surface area contributed by atoms with Crippen molar-refractivity contribution in [3.05, 3.63) is 0 Å². The molecule has 0 amide bonds. The van der Waals surface area contributed by atoms with E-state index < -0.39 is 0 Å². The van der Waals surface area contributed by atoms with E-state index in [-0.39, 0.29) is 0 Å². The Morgan fingerprint density at radius 3 is 2.45 bits per heavy atom. The fourth-order valence-electron chi connectivity index (χ4n) is 2.90. The van der Waals surface area contributed by atoms with E-state index in [1.54, 1.807) is 7.11 Å². The summed E-state index contributed by atoms with van der Waals surface area (Å²) in [5.74, 6) is 0.454. The minimum absolute atomic E-state index is 0.318. The lowest BCUT2D eigenvalue weighted by atomic mass is 10.0. The third kappa shape index (κ3) is 0.859. The predicted octanol–water partition coefficient (Wildman–Crippen LogP) is 1.18. The summed E-state index contributed by atoms with van der Waals surface area (Å²) in [7, 11) is 1.76. The number of aliphatic hydroxyl groups excluding tert-OH is 1. The van der Waals surface area contributed by atoms with Crippen LogP contribution in [0.25, 0.3) is 0 Å². The summed E-state index contributed by atoms with van der Waals surface area (Å²) in [5.41, 5.74) is 0.406. The van der Waals surface area contributed by atoms with Crippen molar-refractivity contribution in [2.24, 2.45) is 11.3 Å². The van der Waals surface area contributed by atoms with Crippen molar-refractivity contribution in [2.75, 3.05) is 13.7 Å². The first-order valence-electron chi connectivity index (χ1n) is 4.49. The summed E-state index contributed by atoms with van der Waals surface area (Å²) in [4.78, 5) is 0. The summed E-state index contributed by atoms with van der Waals surface area (Å²) < 4.78 is 5.34. The highest BCUT2D eigenvalue weighted by Crippen LogP contribution is 2.63. The molecule has 1 N–H and O–H groups in total. The van der Waals surface area contributed by atoms with Gasteiger partial charge in [0, 0.05) is 25.0 Å². The Labute approximate surface area is 67.6 Å². The molecule has 2 aliphatic carbocycles. The molecule has 2 aliphatic rings. The monoisotopic (exact) mass is 156 g/mol. The largest absolute Gasteiger partial charge is 0.396 e. The van der Waals surface area contributed by atoms with E-state index in [0.717, 1.165) is 0 Å². The molecule has 0 aromatic carbocycles. The van der Waals surface area contributed by atoms with Gasteiger partial charge in [0.15, 0.2) is 0 Å². The Hall–Kier alpha value is -0.0800. The normalized spacial score (nSPS) is 39.8. The van der Waals surface area contributed by atoms with Crippen LogP contribution in [0.2, 0.25) is 0 Å². The number of hydrogen-bond donors (Lipinski definition) is 1. The third-order valence-electron chi connectivity index (χ3n) is 3.55. The summed E-state index contributed by atoms with van der Waals surface area (Å²) in [6.07, 6.45) is 5.58. The molecule has 0 saturated heterocycles.